The molecule has 1 aliphatic carbocycles. The number of aryl methyl sites for hydroxylation is 1. The first kappa shape index (κ1) is 12.8. The third kappa shape index (κ3) is 2.18. The van der Waals surface area contributed by atoms with Gasteiger partial charge in [0.05, 0.1) is 10.7 Å². The van der Waals surface area contributed by atoms with Crippen molar-refractivity contribution in [3.63, 3.8) is 0 Å². The van der Waals surface area contributed by atoms with Crippen LogP contribution in [0.4, 0.5) is 0 Å². The standard InChI is InChI=1S/C12H17BrN2O2/c1-3-17-12(6-4-5-7-12)11(16)10-9(13)8-14-15(10)2/h8H,3-7H2,1-2H3. The van der Waals surface area contributed by atoms with Crippen LogP contribution in [0.3, 0.4) is 0 Å². The Morgan fingerprint density at radius 1 is 1.59 bits per heavy atom. The molecule has 4 nitrogen and oxygen atoms in total. The van der Waals surface area contributed by atoms with Crippen LogP contribution in [0.25, 0.3) is 0 Å². The Labute approximate surface area is 109 Å². The van der Waals surface area contributed by atoms with Gasteiger partial charge in [-0.15, -0.1) is 0 Å². The lowest BCUT2D eigenvalue weighted by molar-refractivity contribution is -0.0170. The maximum Gasteiger partial charge on any atom is 0.213 e. The van der Waals surface area contributed by atoms with Crippen molar-refractivity contribution in [3.8, 4) is 0 Å². The molecule has 1 saturated carbocycles. The fraction of sp³-hybridized carbons (Fsp3) is 0.667. The van der Waals surface area contributed by atoms with Gasteiger partial charge in [0.15, 0.2) is 0 Å². The zero-order valence-corrected chi connectivity index (χ0v) is 11.8. The van der Waals surface area contributed by atoms with E-state index in [1.807, 2.05) is 6.92 Å². The van der Waals surface area contributed by atoms with E-state index in [4.69, 9.17) is 4.74 Å². The van der Waals surface area contributed by atoms with Gasteiger partial charge in [-0.1, -0.05) is 0 Å². The van der Waals surface area contributed by atoms with E-state index in [2.05, 4.69) is 21.0 Å². The Morgan fingerprint density at radius 3 is 2.71 bits per heavy atom. The third-order valence-corrected chi connectivity index (χ3v) is 3.94. The van der Waals surface area contributed by atoms with Gasteiger partial charge in [0.1, 0.15) is 11.3 Å². The van der Waals surface area contributed by atoms with Crippen LogP contribution < -0.4 is 0 Å². The molecule has 1 heterocycles. The summed E-state index contributed by atoms with van der Waals surface area (Å²) in [6.45, 7) is 2.51. The number of hydrogen-bond acceptors (Lipinski definition) is 3. The average Bonchev–Trinajstić information content (AvgIpc) is 2.88. The largest absolute Gasteiger partial charge is 0.367 e. The maximum absolute atomic E-state index is 12.6. The quantitative estimate of drug-likeness (QED) is 0.803. The van der Waals surface area contributed by atoms with Gasteiger partial charge in [0, 0.05) is 13.7 Å². The van der Waals surface area contributed by atoms with Crippen molar-refractivity contribution in [2.75, 3.05) is 6.61 Å². The molecule has 0 unspecified atom stereocenters. The summed E-state index contributed by atoms with van der Waals surface area (Å²) in [7, 11) is 1.78. The number of ether oxygens (including phenoxy) is 1. The lowest BCUT2D eigenvalue weighted by Crippen LogP contribution is -2.40. The highest BCUT2D eigenvalue weighted by Gasteiger charge is 2.44. The number of rotatable bonds is 4. The highest BCUT2D eigenvalue weighted by atomic mass is 79.9. The van der Waals surface area contributed by atoms with Crippen molar-refractivity contribution in [3.05, 3.63) is 16.4 Å². The smallest absolute Gasteiger partial charge is 0.213 e. The molecule has 1 aromatic heterocycles. The lowest BCUT2D eigenvalue weighted by Gasteiger charge is -2.27. The fourth-order valence-electron chi connectivity index (χ4n) is 2.54. The minimum atomic E-state index is -0.620. The van der Waals surface area contributed by atoms with Crippen LogP contribution in [0.2, 0.25) is 0 Å². The first-order valence-electron chi connectivity index (χ1n) is 5.97. The molecule has 0 atom stereocenters. The molecule has 0 amide bonds. The summed E-state index contributed by atoms with van der Waals surface area (Å²) in [4.78, 5) is 12.6. The minimum Gasteiger partial charge on any atom is -0.367 e. The molecular weight excluding hydrogens is 284 g/mol. The second kappa shape index (κ2) is 4.90. The van der Waals surface area contributed by atoms with E-state index < -0.39 is 5.60 Å². The van der Waals surface area contributed by atoms with Gasteiger partial charge < -0.3 is 4.74 Å². The number of aromatic nitrogens is 2. The molecule has 0 radical (unpaired) electrons. The van der Waals surface area contributed by atoms with E-state index in [1.54, 1.807) is 17.9 Å². The Morgan fingerprint density at radius 2 is 2.24 bits per heavy atom. The van der Waals surface area contributed by atoms with E-state index in [0.717, 1.165) is 30.2 Å². The van der Waals surface area contributed by atoms with E-state index in [-0.39, 0.29) is 5.78 Å². The van der Waals surface area contributed by atoms with Gasteiger partial charge >= 0.3 is 0 Å². The number of hydrogen-bond donors (Lipinski definition) is 0. The summed E-state index contributed by atoms with van der Waals surface area (Å²) in [5.74, 6) is 0.0590. The van der Waals surface area contributed by atoms with E-state index in [1.165, 1.54) is 0 Å². The summed E-state index contributed by atoms with van der Waals surface area (Å²) >= 11 is 3.38. The normalized spacial score (nSPS) is 18.5. The van der Waals surface area contributed by atoms with Crippen LogP contribution >= 0.6 is 15.9 Å². The number of nitrogens with zero attached hydrogens (tertiary/aromatic N) is 2. The van der Waals surface area contributed by atoms with Crippen LogP contribution in [0, 0.1) is 0 Å². The van der Waals surface area contributed by atoms with Crippen LogP contribution in [0.1, 0.15) is 43.1 Å². The van der Waals surface area contributed by atoms with Crippen molar-refractivity contribution in [2.45, 2.75) is 38.2 Å². The highest BCUT2D eigenvalue weighted by Crippen LogP contribution is 2.37. The van der Waals surface area contributed by atoms with Gasteiger partial charge in [-0.2, -0.15) is 5.10 Å². The highest BCUT2D eigenvalue weighted by molar-refractivity contribution is 9.10. The molecule has 0 bridgehead atoms. The topological polar surface area (TPSA) is 44.1 Å². The van der Waals surface area contributed by atoms with Gasteiger partial charge in [-0.3, -0.25) is 9.48 Å². The van der Waals surface area contributed by atoms with Crippen molar-refractivity contribution in [1.82, 2.24) is 9.78 Å². The van der Waals surface area contributed by atoms with Gasteiger partial charge in [0.2, 0.25) is 5.78 Å². The molecule has 94 valence electrons. The number of carbonyl (C=O) groups excluding carboxylic acids is 1. The van der Waals surface area contributed by atoms with E-state index >= 15 is 0 Å². The number of ketones is 1. The zero-order chi connectivity index (χ0) is 12.5. The predicted molar refractivity (Wildman–Crippen MR) is 68.1 cm³/mol. The predicted octanol–water partition coefficient (Wildman–Crippen LogP) is 2.71. The SMILES string of the molecule is CCOC1(C(=O)c2c(Br)cnn2C)CCCC1. The number of halogens is 1. The number of Topliss-reactive ketones (excluding diaryl/α,β-unsaturated/α-hetero) is 1. The molecule has 0 spiro atoms. The van der Waals surface area contributed by atoms with E-state index in [9.17, 15) is 4.79 Å². The lowest BCUT2D eigenvalue weighted by atomic mass is 9.94. The molecule has 0 N–H and O–H groups in total. The third-order valence-electron chi connectivity index (χ3n) is 3.35. The molecule has 17 heavy (non-hydrogen) atoms. The van der Waals surface area contributed by atoms with E-state index in [0.29, 0.717) is 12.3 Å². The van der Waals surface area contributed by atoms with Crippen molar-refractivity contribution >= 4 is 21.7 Å². The van der Waals surface area contributed by atoms with Gasteiger partial charge in [0.25, 0.3) is 0 Å². The average molecular weight is 301 g/mol. The second-order valence-electron chi connectivity index (χ2n) is 4.43. The summed E-state index contributed by atoms with van der Waals surface area (Å²) in [6, 6.07) is 0. The molecule has 2 rings (SSSR count). The Hall–Kier alpha value is -0.680. The maximum atomic E-state index is 12.6. The van der Waals surface area contributed by atoms with Crippen LogP contribution in [0.15, 0.2) is 10.7 Å². The van der Waals surface area contributed by atoms with Crippen LogP contribution in [-0.4, -0.2) is 27.8 Å². The monoisotopic (exact) mass is 300 g/mol. The summed E-state index contributed by atoms with van der Waals surface area (Å²) in [6.07, 6.45) is 5.40. The molecule has 0 saturated heterocycles. The zero-order valence-electron chi connectivity index (χ0n) is 10.2. The van der Waals surface area contributed by atoms with Crippen molar-refractivity contribution in [1.29, 1.82) is 0 Å². The van der Waals surface area contributed by atoms with Gasteiger partial charge in [-0.25, -0.2) is 0 Å². The Bertz CT molecular complexity index is 403. The molecule has 5 heteroatoms. The van der Waals surface area contributed by atoms with Crippen molar-refractivity contribution in [2.24, 2.45) is 7.05 Å². The first-order valence-corrected chi connectivity index (χ1v) is 6.76. The van der Waals surface area contributed by atoms with Crippen molar-refractivity contribution < 1.29 is 9.53 Å². The Balaban J connectivity index is 2.35. The fourth-order valence-corrected chi connectivity index (χ4v) is 3.07. The molecule has 1 aliphatic rings. The summed E-state index contributed by atoms with van der Waals surface area (Å²) in [5.41, 5.74) is -0.00854. The van der Waals surface area contributed by atoms with Crippen LogP contribution in [-0.2, 0) is 11.8 Å². The summed E-state index contributed by atoms with van der Waals surface area (Å²) < 4.78 is 8.14. The molecule has 0 aromatic carbocycles. The molecular formula is C12H17BrN2O2. The summed E-state index contributed by atoms with van der Waals surface area (Å²) in [5, 5.41) is 4.09. The molecule has 1 aromatic rings. The van der Waals surface area contributed by atoms with Crippen LogP contribution in [0.5, 0.6) is 0 Å². The minimum absolute atomic E-state index is 0.0590. The number of carbonyl (C=O) groups is 1. The first-order chi connectivity index (χ1) is 8.10. The second-order valence-corrected chi connectivity index (χ2v) is 5.28. The molecule has 1 fully saturated rings. The van der Waals surface area contributed by atoms with Gasteiger partial charge in [-0.05, 0) is 48.5 Å². The Kier molecular flexibility index (Phi) is 3.68. The molecule has 0 aliphatic heterocycles.